The second kappa shape index (κ2) is 7.50. The summed E-state index contributed by atoms with van der Waals surface area (Å²) in [5, 5.41) is 4.12. The minimum atomic E-state index is 0.150. The highest BCUT2D eigenvalue weighted by Gasteiger charge is 2.24. The Morgan fingerprint density at radius 3 is 2.88 bits per heavy atom. The van der Waals surface area contributed by atoms with Crippen molar-refractivity contribution in [3.05, 3.63) is 47.6 Å². The second-order valence-corrected chi connectivity index (χ2v) is 7.57. The minimum Gasteiger partial charge on any atom is -0.347 e. The number of carbonyl (C=O) groups excluding carboxylic acids is 1. The van der Waals surface area contributed by atoms with Crippen molar-refractivity contribution in [2.24, 2.45) is 0 Å². The molecule has 6 heteroatoms. The van der Waals surface area contributed by atoms with Gasteiger partial charge < -0.3 is 14.4 Å². The van der Waals surface area contributed by atoms with Crippen molar-refractivity contribution < 1.29 is 4.79 Å². The quantitative estimate of drug-likeness (QED) is 0.702. The van der Waals surface area contributed by atoms with Gasteiger partial charge in [0.15, 0.2) is 5.13 Å². The SMILES string of the molecule is CCCn1cc(C(=O)N2CCCN(c3nccs3)CC2)c2ccccc21. The van der Waals surface area contributed by atoms with Crippen LogP contribution in [-0.2, 0) is 6.54 Å². The van der Waals surface area contributed by atoms with Gasteiger partial charge in [-0.2, -0.15) is 0 Å². The van der Waals surface area contributed by atoms with Crippen LogP contribution in [0.3, 0.4) is 0 Å². The summed E-state index contributed by atoms with van der Waals surface area (Å²) in [7, 11) is 0. The molecule has 4 rings (SSSR count). The fourth-order valence-electron chi connectivity index (χ4n) is 3.70. The van der Waals surface area contributed by atoms with Gasteiger partial charge in [-0.1, -0.05) is 25.1 Å². The van der Waals surface area contributed by atoms with E-state index in [1.807, 2.05) is 34.8 Å². The zero-order valence-electron chi connectivity index (χ0n) is 15.1. The van der Waals surface area contributed by atoms with Crippen LogP contribution in [0.2, 0.25) is 0 Å². The zero-order valence-corrected chi connectivity index (χ0v) is 15.9. The van der Waals surface area contributed by atoms with Crippen LogP contribution in [0.1, 0.15) is 30.1 Å². The molecule has 0 radical (unpaired) electrons. The van der Waals surface area contributed by atoms with Crippen molar-refractivity contribution >= 4 is 33.3 Å². The first-order valence-corrected chi connectivity index (χ1v) is 10.2. The van der Waals surface area contributed by atoms with Crippen molar-refractivity contribution in [1.29, 1.82) is 0 Å². The Balaban J connectivity index is 1.57. The van der Waals surface area contributed by atoms with Crippen LogP contribution in [0.5, 0.6) is 0 Å². The topological polar surface area (TPSA) is 41.4 Å². The number of carbonyl (C=O) groups is 1. The molecule has 1 aliphatic heterocycles. The lowest BCUT2D eigenvalue weighted by Crippen LogP contribution is -2.35. The number of anilines is 1. The van der Waals surface area contributed by atoms with E-state index in [1.54, 1.807) is 11.3 Å². The maximum Gasteiger partial charge on any atom is 0.256 e. The van der Waals surface area contributed by atoms with Crippen molar-refractivity contribution in [2.75, 3.05) is 31.1 Å². The smallest absolute Gasteiger partial charge is 0.256 e. The molecule has 0 unspecified atom stereocenters. The molecule has 0 aliphatic carbocycles. The number of fused-ring (bicyclic) bond motifs is 1. The van der Waals surface area contributed by atoms with E-state index in [-0.39, 0.29) is 5.91 Å². The number of nitrogens with zero attached hydrogens (tertiary/aromatic N) is 4. The summed E-state index contributed by atoms with van der Waals surface area (Å²) in [6, 6.07) is 8.23. The molecule has 1 saturated heterocycles. The van der Waals surface area contributed by atoms with Crippen LogP contribution in [-0.4, -0.2) is 46.5 Å². The summed E-state index contributed by atoms with van der Waals surface area (Å²) < 4.78 is 2.21. The first-order valence-electron chi connectivity index (χ1n) is 9.29. The van der Waals surface area contributed by atoms with Gasteiger partial charge in [0.1, 0.15) is 0 Å². The first kappa shape index (κ1) is 17.1. The lowest BCUT2D eigenvalue weighted by molar-refractivity contribution is 0.0768. The minimum absolute atomic E-state index is 0.150. The summed E-state index contributed by atoms with van der Waals surface area (Å²) in [4.78, 5) is 22.0. The molecular formula is C20H24N4OS. The van der Waals surface area contributed by atoms with Crippen molar-refractivity contribution in [1.82, 2.24) is 14.5 Å². The fourth-order valence-corrected chi connectivity index (χ4v) is 4.39. The Morgan fingerprint density at radius 1 is 1.19 bits per heavy atom. The third-order valence-corrected chi connectivity index (χ3v) is 5.79. The standard InChI is InChI=1S/C20H24N4OS/c1-2-9-24-15-17(16-6-3-4-7-18(16)24)19(25)22-10-5-11-23(13-12-22)20-21-8-14-26-20/h3-4,6-8,14-15H,2,5,9-13H2,1H3. The van der Waals surface area contributed by atoms with E-state index in [9.17, 15) is 4.79 Å². The molecule has 2 aromatic heterocycles. The summed E-state index contributed by atoms with van der Waals surface area (Å²) in [5.41, 5.74) is 1.98. The zero-order chi connectivity index (χ0) is 17.9. The van der Waals surface area contributed by atoms with E-state index in [0.29, 0.717) is 0 Å². The highest BCUT2D eigenvalue weighted by Crippen LogP contribution is 2.24. The van der Waals surface area contributed by atoms with Crippen LogP contribution in [0.15, 0.2) is 42.0 Å². The van der Waals surface area contributed by atoms with E-state index in [1.165, 1.54) is 0 Å². The first-order chi connectivity index (χ1) is 12.8. The largest absolute Gasteiger partial charge is 0.347 e. The van der Waals surface area contributed by atoms with Crippen LogP contribution in [0, 0.1) is 0 Å². The fraction of sp³-hybridized carbons (Fsp3) is 0.400. The molecule has 0 bridgehead atoms. The van der Waals surface area contributed by atoms with E-state index in [2.05, 4.69) is 33.5 Å². The summed E-state index contributed by atoms with van der Waals surface area (Å²) in [6.45, 7) is 6.44. The average molecular weight is 369 g/mol. The molecule has 0 N–H and O–H groups in total. The second-order valence-electron chi connectivity index (χ2n) is 6.70. The highest BCUT2D eigenvalue weighted by molar-refractivity contribution is 7.13. The molecule has 136 valence electrons. The number of para-hydroxylation sites is 1. The normalized spacial score (nSPS) is 15.4. The lowest BCUT2D eigenvalue weighted by atomic mass is 10.1. The Morgan fingerprint density at radius 2 is 2.08 bits per heavy atom. The van der Waals surface area contributed by atoms with E-state index in [4.69, 9.17) is 0 Å². The Kier molecular flexibility index (Phi) is 4.93. The van der Waals surface area contributed by atoms with Crippen LogP contribution >= 0.6 is 11.3 Å². The van der Waals surface area contributed by atoms with Crippen LogP contribution in [0.4, 0.5) is 5.13 Å². The van der Waals surface area contributed by atoms with Crippen LogP contribution in [0.25, 0.3) is 10.9 Å². The Bertz CT molecular complexity index is 886. The van der Waals surface area contributed by atoms with E-state index < -0.39 is 0 Å². The van der Waals surface area contributed by atoms with Gasteiger partial charge in [-0.15, -0.1) is 11.3 Å². The van der Waals surface area contributed by atoms with Gasteiger partial charge in [0.05, 0.1) is 5.56 Å². The number of aromatic nitrogens is 2. The molecule has 0 spiro atoms. The Hall–Kier alpha value is -2.34. The number of hydrogen-bond acceptors (Lipinski definition) is 4. The van der Waals surface area contributed by atoms with E-state index >= 15 is 0 Å². The number of amides is 1. The predicted molar refractivity (Wildman–Crippen MR) is 107 cm³/mol. The van der Waals surface area contributed by atoms with E-state index in [0.717, 1.165) is 67.2 Å². The molecule has 26 heavy (non-hydrogen) atoms. The van der Waals surface area contributed by atoms with Gasteiger partial charge in [-0.25, -0.2) is 4.98 Å². The van der Waals surface area contributed by atoms with Gasteiger partial charge in [-0.05, 0) is 18.9 Å². The molecule has 1 fully saturated rings. The third kappa shape index (κ3) is 3.21. The summed E-state index contributed by atoms with van der Waals surface area (Å²) >= 11 is 1.66. The molecule has 5 nitrogen and oxygen atoms in total. The van der Waals surface area contributed by atoms with Crippen LogP contribution < -0.4 is 4.90 Å². The van der Waals surface area contributed by atoms with Gasteiger partial charge in [0.25, 0.3) is 5.91 Å². The molecule has 0 atom stereocenters. The molecule has 3 heterocycles. The third-order valence-electron chi connectivity index (χ3n) is 4.96. The number of thiazole rings is 1. The molecule has 1 amide bonds. The molecule has 1 aromatic carbocycles. The Labute approximate surface area is 157 Å². The monoisotopic (exact) mass is 368 g/mol. The molecular weight excluding hydrogens is 344 g/mol. The lowest BCUT2D eigenvalue weighted by Gasteiger charge is -2.21. The number of aryl methyl sites for hydroxylation is 1. The number of benzene rings is 1. The maximum absolute atomic E-state index is 13.3. The van der Waals surface area contributed by atoms with Gasteiger partial charge in [0, 0.05) is 61.4 Å². The van der Waals surface area contributed by atoms with Crippen molar-refractivity contribution in [2.45, 2.75) is 26.3 Å². The van der Waals surface area contributed by atoms with Crippen molar-refractivity contribution in [3.8, 4) is 0 Å². The highest BCUT2D eigenvalue weighted by atomic mass is 32.1. The molecule has 1 aliphatic rings. The van der Waals surface area contributed by atoms with Crippen molar-refractivity contribution in [3.63, 3.8) is 0 Å². The number of rotatable bonds is 4. The van der Waals surface area contributed by atoms with Gasteiger partial charge in [-0.3, -0.25) is 4.79 Å². The average Bonchev–Trinajstić information content (AvgIpc) is 3.25. The van der Waals surface area contributed by atoms with Gasteiger partial charge in [0.2, 0.25) is 0 Å². The number of hydrogen-bond donors (Lipinski definition) is 0. The maximum atomic E-state index is 13.3. The predicted octanol–water partition coefficient (Wildman–Crippen LogP) is 3.86. The molecule has 0 saturated carbocycles. The molecule has 3 aromatic rings. The summed E-state index contributed by atoms with van der Waals surface area (Å²) in [6.07, 6.45) is 5.91. The van der Waals surface area contributed by atoms with Gasteiger partial charge >= 0.3 is 0 Å². The summed E-state index contributed by atoms with van der Waals surface area (Å²) in [5.74, 6) is 0.150.